The summed E-state index contributed by atoms with van der Waals surface area (Å²) < 4.78 is 46.9. The Bertz CT molecular complexity index is 430. The zero-order valence-corrected chi connectivity index (χ0v) is 11.1. The van der Waals surface area contributed by atoms with E-state index in [4.69, 9.17) is 4.74 Å². The first-order chi connectivity index (χ1) is 8.86. The summed E-state index contributed by atoms with van der Waals surface area (Å²) in [6, 6.07) is 0. The number of hydrogen-bond donors (Lipinski definition) is 1. The number of hydrogen-bond acceptors (Lipinski definition) is 6. The molecule has 0 aromatic carbocycles. The van der Waals surface area contributed by atoms with Crippen molar-refractivity contribution in [1.29, 1.82) is 0 Å². The fourth-order valence-corrected chi connectivity index (χ4v) is 2.64. The van der Waals surface area contributed by atoms with Crippen molar-refractivity contribution in [2.45, 2.75) is 31.2 Å². The van der Waals surface area contributed by atoms with E-state index in [1.165, 1.54) is 7.11 Å². The Morgan fingerprint density at radius 3 is 2.58 bits per heavy atom. The van der Waals surface area contributed by atoms with E-state index >= 15 is 0 Å². The third kappa shape index (κ3) is 2.98. The molecule has 1 aliphatic rings. The van der Waals surface area contributed by atoms with Gasteiger partial charge in [-0.05, 0) is 0 Å². The fourth-order valence-electron chi connectivity index (χ4n) is 1.91. The van der Waals surface area contributed by atoms with E-state index in [1.807, 2.05) is 0 Å². The van der Waals surface area contributed by atoms with Gasteiger partial charge < -0.3 is 14.7 Å². The molecule has 1 saturated heterocycles. The number of nitrogens with zero attached hydrogens (tertiary/aromatic N) is 3. The molecule has 2 heterocycles. The third-order valence-corrected chi connectivity index (χ3v) is 3.93. The lowest BCUT2D eigenvalue weighted by molar-refractivity contribution is -0.266. The Kier molecular flexibility index (Phi) is 3.98. The highest BCUT2D eigenvalue weighted by Gasteiger charge is 2.54. The SMILES string of the molecule is COCc1nsc(N2CCC(O)(C(F)(F)F)CC2)n1. The zero-order valence-electron chi connectivity index (χ0n) is 10.3. The highest BCUT2D eigenvalue weighted by molar-refractivity contribution is 7.09. The molecular formula is C10H14F3N3O2S. The largest absolute Gasteiger partial charge is 0.417 e. The van der Waals surface area contributed by atoms with Crippen LogP contribution < -0.4 is 4.90 Å². The van der Waals surface area contributed by atoms with Crippen LogP contribution in [0.4, 0.5) is 18.3 Å². The van der Waals surface area contributed by atoms with Crippen LogP contribution in [0.2, 0.25) is 0 Å². The number of aromatic nitrogens is 2. The molecule has 0 saturated carbocycles. The second-order valence-electron chi connectivity index (χ2n) is 4.44. The van der Waals surface area contributed by atoms with Crippen LogP contribution in [-0.2, 0) is 11.3 Å². The molecule has 1 N–H and O–H groups in total. The minimum Gasteiger partial charge on any atom is -0.380 e. The van der Waals surface area contributed by atoms with Crippen LogP contribution in [0, 0.1) is 0 Å². The molecule has 1 aromatic rings. The van der Waals surface area contributed by atoms with Crippen molar-refractivity contribution in [2.24, 2.45) is 0 Å². The van der Waals surface area contributed by atoms with Gasteiger partial charge in [-0.3, -0.25) is 0 Å². The van der Waals surface area contributed by atoms with Crippen LogP contribution >= 0.6 is 11.5 Å². The van der Waals surface area contributed by atoms with Crippen molar-refractivity contribution >= 4 is 16.7 Å². The Hall–Kier alpha value is -0.930. The van der Waals surface area contributed by atoms with Crippen molar-refractivity contribution in [2.75, 3.05) is 25.1 Å². The van der Waals surface area contributed by atoms with Gasteiger partial charge >= 0.3 is 6.18 Å². The normalized spacial score (nSPS) is 19.7. The van der Waals surface area contributed by atoms with Crippen molar-refractivity contribution < 1.29 is 23.0 Å². The Morgan fingerprint density at radius 2 is 2.05 bits per heavy atom. The molecule has 0 aliphatic carbocycles. The van der Waals surface area contributed by atoms with Crippen LogP contribution in [0.3, 0.4) is 0 Å². The number of anilines is 1. The topological polar surface area (TPSA) is 58.5 Å². The van der Waals surface area contributed by atoms with E-state index in [0.29, 0.717) is 11.0 Å². The molecule has 9 heteroatoms. The molecule has 0 atom stereocenters. The van der Waals surface area contributed by atoms with E-state index in [-0.39, 0.29) is 32.5 Å². The smallest absolute Gasteiger partial charge is 0.380 e. The predicted octanol–water partition coefficient (Wildman–Crippen LogP) is 1.58. The molecule has 1 aromatic heterocycles. The van der Waals surface area contributed by atoms with Gasteiger partial charge in [0.25, 0.3) is 0 Å². The van der Waals surface area contributed by atoms with Gasteiger partial charge in [0.05, 0.1) is 0 Å². The maximum Gasteiger partial charge on any atom is 0.417 e. The molecule has 0 spiro atoms. The molecule has 19 heavy (non-hydrogen) atoms. The van der Waals surface area contributed by atoms with Gasteiger partial charge in [0.2, 0.25) is 5.13 Å². The Labute approximate surface area is 112 Å². The highest BCUT2D eigenvalue weighted by atomic mass is 32.1. The zero-order chi connectivity index (χ0) is 14.1. The summed E-state index contributed by atoms with van der Waals surface area (Å²) in [4.78, 5) is 5.88. The molecule has 0 bridgehead atoms. The molecule has 108 valence electrons. The van der Waals surface area contributed by atoms with E-state index < -0.39 is 11.8 Å². The number of aliphatic hydroxyl groups is 1. The summed E-state index contributed by atoms with van der Waals surface area (Å²) in [5, 5.41) is 10.1. The fraction of sp³-hybridized carbons (Fsp3) is 0.800. The van der Waals surface area contributed by atoms with Gasteiger partial charge in [-0.15, -0.1) is 0 Å². The second-order valence-corrected chi connectivity index (χ2v) is 5.17. The van der Waals surface area contributed by atoms with E-state index in [9.17, 15) is 18.3 Å². The average Bonchev–Trinajstić information content (AvgIpc) is 2.78. The van der Waals surface area contributed by atoms with E-state index in [0.717, 1.165) is 11.5 Å². The summed E-state index contributed by atoms with van der Waals surface area (Å²) in [5.41, 5.74) is -2.58. The monoisotopic (exact) mass is 297 g/mol. The summed E-state index contributed by atoms with van der Waals surface area (Å²) in [6.07, 6.45) is -5.28. The van der Waals surface area contributed by atoms with Gasteiger partial charge in [0.15, 0.2) is 11.4 Å². The lowest BCUT2D eigenvalue weighted by Gasteiger charge is -2.38. The molecule has 0 unspecified atom stereocenters. The van der Waals surface area contributed by atoms with Crippen molar-refractivity contribution in [3.63, 3.8) is 0 Å². The quantitative estimate of drug-likeness (QED) is 0.918. The van der Waals surface area contributed by atoms with Crippen molar-refractivity contribution in [1.82, 2.24) is 9.36 Å². The Morgan fingerprint density at radius 1 is 1.42 bits per heavy atom. The lowest BCUT2D eigenvalue weighted by atomic mass is 9.91. The van der Waals surface area contributed by atoms with Crippen LogP contribution in [-0.4, -0.2) is 46.4 Å². The summed E-state index contributed by atoms with van der Waals surface area (Å²) in [7, 11) is 1.52. The standard InChI is InChI=1S/C10H14F3N3O2S/c1-18-6-7-14-8(19-15-7)16-4-2-9(17,3-5-16)10(11,12)13/h17H,2-6H2,1H3. The van der Waals surface area contributed by atoms with Crippen LogP contribution in [0.5, 0.6) is 0 Å². The number of halogens is 3. The predicted molar refractivity (Wildman–Crippen MR) is 63.1 cm³/mol. The number of methoxy groups -OCH3 is 1. The first-order valence-electron chi connectivity index (χ1n) is 5.71. The molecule has 0 amide bonds. The van der Waals surface area contributed by atoms with Gasteiger partial charge in [0, 0.05) is 44.6 Å². The first-order valence-corrected chi connectivity index (χ1v) is 6.49. The summed E-state index contributed by atoms with van der Waals surface area (Å²) in [5.74, 6) is 0.513. The van der Waals surface area contributed by atoms with Gasteiger partial charge in [-0.1, -0.05) is 0 Å². The molecule has 2 rings (SSSR count). The second kappa shape index (κ2) is 5.22. The number of piperidine rings is 1. The van der Waals surface area contributed by atoms with Crippen molar-refractivity contribution in [3.8, 4) is 0 Å². The number of alkyl halides is 3. The van der Waals surface area contributed by atoms with Crippen LogP contribution in [0.25, 0.3) is 0 Å². The average molecular weight is 297 g/mol. The number of rotatable bonds is 3. The minimum absolute atomic E-state index is 0.109. The molecule has 0 radical (unpaired) electrons. The summed E-state index contributed by atoms with van der Waals surface area (Å²) in [6.45, 7) is 0.492. The summed E-state index contributed by atoms with van der Waals surface area (Å²) >= 11 is 1.13. The van der Waals surface area contributed by atoms with Gasteiger partial charge in [-0.2, -0.15) is 17.5 Å². The third-order valence-electron chi connectivity index (χ3n) is 3.12. The Balaban J connectivity index is 1.99. The maximum atomic E-state index is 12.6. The lowest BCUT2D eigenvalue weighted by Crippen LogP contribution is -2.53. The highest BCUT2D eigenvalue weighted by Crippen LogP contribution is 2.39. The minimum atomic E-state index is -4.58. The van der Waals surface area contributed by atoms with Crippen LogP contribution in [0.1, 0.15) is 18.7 Å². The number of ether oxygens (including phenoxy) is 1. The molecule has 1 fully saturated rings. The van der Waals surface area contributed by atoms with Gasteiger partial charge in [0.1, 0.15) is 6.61 Å². The molecular weight excluding hydrogens is 283 g/mol. The van der Waals surface area contributed by atoms with Crippen molar-refractivity contribution in [3.05, 3.63) is 5.82 Å². The molecule has 1 aliphatic heterocycles. The van der Waals surface area contributed by atoms with Crippen LogP contribution in [0.15, 0.2) is 0 Å². The van der Waals surface area contributed by atoms with E-state index in [1.54, 1.807) is 4.90 Å². The van der Waals surface area contributed by atoms with Gasteiger partial charge in [-0.25, -0.2) is 4.98 Å². The maximum absolute atomic E-state index is 12.6. The van der Waals surface area contributed by atoms with E-state index in [2.05, 4.69) is 9.36 Å². The first kappa shape index (κ1) is 14.5. The molecule has 5 nitrogen and oxygen atoms in total.